The number of hydrogen-bond acceptors (Lipinski definition) is 0. The van der Waals surface area contributed by atoms with E-state index in [0.717, 1.165) is 0 Å². The van der Waals surface area contributed by atoms with Gasteiger partial charge in [0.2, 0.25) is 0 Å². The first-order valence-electron chi connectivity index (χ1n) is 1.82. The normalized spacial score (nSPS) is 14.7. The van der Waals surface area contributed by atoms with Crippen molar-refractivity contribution in [1.82, 2.24) is 0 Å². The Morgan fingerprint density at radius 1 is 1.50 bits per heavy atom. The van der Waals surface area contributed by atoms with Crippen LogP contribution >= 0.6 is 0 Å². The summed E-state index contributed by atoms with van der Waals surface area (Å²) in [5.74, 6) is 0. The van der Waals surface area contributed by atoms with Crippen molar-refractivity contribution in [3.05, 3.63) is 36.5 Å². The van der Waals surface area contributed by atoms with Gasteiger partial charge in [0.05, 0.1) is 0 Å². The molecule has 0 aromatic rings. The summed E-state index contributed by atoms with van der Waals surface area (Å²) in [5.41, 5.74) is 0. The van der Waals surface area contributed by atoms with Gasteiger partial charge < -0.3 is 0 Å². The van der Waals surface area contributed by atoms with Gasteiger partial charge in [-0.2, -0.15) is 0 Å². The van der Waals surface area contributed by atoms with Gasteiger partial charge in [-0.3, -0.25) is 0 Å². The second-order valence-corrected chi connectivity index (χ2v) is 1.00. The molecule has 6 heavy (non-hydrogen) atoms. The maximum Gasteiger partial charge on any atom is -0.0100 e. The summed E-state index contributed by atoms with van der Waals surface area (Å²) in [6.45, 7) is 0. The van der Waals surface area contributed by atoms with E-state index in [2.05, 4.69) is 12.2 Å². The molecule has 0 aromatic carbocycles. The molecule has 0 aliphatic heterocycles. The maximum absolute atomic E-state index is 2.84. The average molecular weight is 76.1 g/mol. The summed E-state index contributed by atoms with van der Waals surface area (Å²) >= 11 is 0. The second-order valence-electron chi connectivity index (χ2n) is 1.00. The van der Waals surface area contributed by atoms with Crippen molar-refractivity contribution >= 4 is 0 Å². The van der Waals surface area contributed by atoms with E-state index in [9.17, 15) is 0 Å². The van der Waals surface area contributed by atoms with Crippen molar-refractivity contribution in [2.45, 2.75) is 0 Å². The third-order valence-electron chi connectivity index (χ3n) is 0.552. The fourth-order valence-electron chi connectivity index (χ4n) is 0.304. The minimum absolute atomic E-state index is 1.75. The highest BCUT2D eigenvalue weighted by Gasteiger charge is 1.67. The Kier molecular flexibility index (Phi) is 0.852. The van der Waals surface area contributed by atoms with E-state index in [-0.39, 0.29) is 0 Å². The Morgan fingerprint density at radius 3 is 2.67 bits per heavy atom. The largest absolute Gasteiger partial charge is 0.120 e. The van der Waals surface area contributed by atoms with Crippen LogP contribution in [0.4, 0.5) is 0 Å². The van der Waals surface area contributed by atoms with E-state index >= 15 is 0 Å². The second kappa shape index (κ2) is 1.54. The van der Waals surface area contributed by atoms with Crippen molar-refractivity contribution in [1.29, 1.82) is 0 Å². The van der Waals surface area contributed by atoms with E-state index in [1.165, 1.54) is 0 Å². The van der Waals surface area contributed by atoms with Gasteiger partial charge in [0.15, 0.2) is 0 Å². The average Bonchev–Trinajstić information content (AvgIpc) is 1.72. The van der Waals surface area contributed by atoms with Crippen LogP contribution in [0.2, 0.25) is 0 Å². The summed E-state index contributed by atoms with van der Waals surface area (Å²) in [4.78, 5) is 0. The van der Waals surface area contributed by atoms with Crippen LogP contribution in [0.5, 0.6) is 0 Å². The molecule has 1 rings (SSSR count). The SMILES string of the molecule is [C+]1=CC=C[C-]=C1. The Bertz CT molecular complexity index is 69.4. The van der Waals surface area contributed by atoms with E-state index in [1.54, 1.807) is 6.08 Å². The fourth-order valence-corrected chi connectivity index (χ4v) is 0.304. The lowest BCUT2D eigenvalue weighted by Gasteiger charge is -1.75. The molecule has 0 atom stereocenters. The quantitative estimate of drug-likeness (QED) is 0.381. The van der Waals surface area contributed by atoms with Gasteiger partial charge in [0.1, 0.15) is 0 Å². The van der Waals surface area contributed by atoms with Gasteiger partial charge in [-0.1, -0.05) is 12.2 Å². The molecular weight excluding hydrogens is 72.1 g/mol. The van der Waals surface area contributed by atoms with Gasteiger partial charge in [0, 0.05) is 0 Å². The van der Waals surface area contributed by atoms with Gasteiger partial charge in [-0.15, -0.1) is 6.08 Å². The topological polar surface area (TPSA) is 0 Å². The van der Waals surface area contributed by atoms with Crippen LogP contribution in [0, 0.1) is 12.2 Å². The van der Waals surface area contributed by atoms with Crippen molar-refractivity contribution in [2.24, 2.45) is 0 Å². The summed E-state index contributed by atoms with van der Waals surface area (Å²) in [7, 11) is 0. The van der Waals surface area contributed by atoms with Crippen LogP contribution in [0.15, 0.2) is 24.3 Å². The molecular formula is C6H4. The zero-order chi connectivity index (χ0) is 4.24. The van der Waals surface area contributed by atoms with Gasteiger partial charge >= 0.3 is 0 Å². The fraction of sp³-hybridized carbons (Fsp3) is 0. The summed E-state index contributed by atoms with van der Waals surface area (Å²) < 4.78 is 0. The molecule has 0 bridgehead atoms. The minimum Gasteiger partial charge on any atom is -0.120 e. The lowest BCUT2D eigenvalue weighted by Crippen LogP contribution is -1.58. The van der Waals surface area contributed by atoms with Crippen LogP contribution in [0.25, 0.3) is 0 Å². The highest BCUT2D eigenvalue weighted by Crippen LogP contribution is 1.84. The van der Waals surface area contributed by atoms with E-state index < -0.39 is 0 Å². The van der Waals surface area contributed by atoms with E-state index in [1.807, 2.05) is 18.2 Å². The molecule has 0 heterocycles. The predicted octanol–water partition coefficient (Wildman–Crippen LogP) is 1.27. The lowest BCUT2D eigenvalue weighted by molar-refractivity contribution is 1.71. The first kappa shape index (κ1) is 3.32. The maximum atomic E-state index is 2.84. The molecule has 1 aliphatic rings. The Balaban J connectivity index is 2.77. The van der Waals surface area contributed by atoms with Crippen LogP contribution < -0.4 is 0 Å². The Labute approximate surface area is 37.5 Å². The molecule has 0 nitrogen and oxygen atoms in total. The zero-order valence-electron chi connectivity index (χ0n) is 3.31. The zero-order valence-corrected chi connectivity index (χ0v) is 3.31. The van der Waals surface area contributed by atoms with E-state index in [0.29, 0.717) is 0 Å². The Hall–Kier alpha value is -0.870. The molecule has 1 aliphatic carbocycles. The molecule has 0 aromatic heterocycles. The number of hydrogen-bond donors (Lipinski definition) is 0. The molecule has 0 N–H and O–H groups in total. The third kappa shape index (κ3) is 0.540. The minimum atomic E-state index is 1.75. The van der Waals surface area contributed by atoms with Crippen LogP contribution in [-0.4, -0.2) is 0 Å². The van der Waals surface area contributed by atoms with Crippen LogP contribution in [0.1, 0.15) is 0 Å². The summed E-state index contributed by atoms with van der Waals surface area (Å²) in [6.07, 6.45) is 13.0. The molecule has 0 fully saturated rings. The van der Waals surface area contributed by atoms with Gasteiger partial charge in [-0.25, -0.2) is 0 Å². The van der Waals surface area contributed by atoms with Crippen LogP contribution in [-0.2, 0) is 0 Å². The molecule has 28 valence electrons. The molecule has 0 unspecified atom stereocenters. The molecule has 0 amide bonds. The molecule has 0 spiro atoms. The van der Waals surface area contributed by atoms with Gasteiger partial charge in [-0.05, 0) is 18.2 Å². The lowest BCUT2D eigenvalue weighted by atomic mass is 10.3. The summed E-state index contributed by atoms with van der Waals surface area (Å²) in [6, 6.07) is 0. The summed E-state index contributed by atoms with van der Waals surface area (Å²) in [5, 5.41) is 0. The molecule has 0 heteroatoms. The first-order chi connectivity index (χ1) is 3.00. The van der Waals surface area contributed by atoms with Gasteiger partial charge in [0.25, 0.3) is 0 Å². The third-order valence-corrected chi connectivity index (χ3v) is 0.552. The molecule has 0 saturated heterocycles. The molecule has 0 saturated carbocycles. The van der Waals surface area contributed by atoms with Crippen molar-refractivity contribution in [2.75, 3.05) is 0 Å². The van der Waals surface area contributed by atoms with Crippen molar-refractivity contribution < 1.29 is 0 Å². The monoisotopic (exact) mass is 76.0 g/mol. The van der Waals surface area contributed by atoms with Crippen molar-refractivity contribution in [3.63, 3.8) is 0 Å². The van der Waals surface area contributed by atoms with Crippen LogP contribution in [0.3, 0.4) is 0 Å². The number of allylic oxidation sites excluding steroid dienone is 6. The standard InChI is InChI=1S/C6H4/c1-2-4-6-5-3-1/h1-3,6H. The molecule has 0 radical (unpaired) electrons. The predicted molar refractivity (Wildman–Crippen MR) is 24.8 cm³/mol. The highest BCUT2D eigenvalue weighted by atomic mass is 13.7. The number of rotatable bonds is 0. The Morgan fingerprint density at radius 2 is 2.50 bits per heavy atom. The smallest absolute Gasteiger partial charge is 0.0100 e. The highest BCUT2D eigenvalue weighted by molar-refractivity contribution is 5.14. The van der Waals surface area contributed by atoms with E-state index in [4.69, 9.17) is 0 Å². The first-order valence-corrected chi connectivity index (χ1v) is 1.82. The van der Waals surface area contributed by atoms with Crippen molar-refractivity contribution in [3.8, 4) is 0 Å².